The van der Waals surface area contributed by atoms with Gasteiger partial charge in [0, 0.05) is 19.4 Å². The predicted molar refractivity (Wildman–Crippen MR) is 96.2 cm³/mol. The first-order valence-electron chi connectivity index (χ1n) is 8.43. The van der Waals surface area contributed by atoms with E-state index in [2.05, 4.69) is 53.1 Å². The molecule has 0 aliphatic rings. The molecule has 0 rings (SSSR count). The average Bonchev–Trinajstić information content (AvgIpc) is 2.44. The first-order chi connectivity index (χ1) is 10.1. The Labute approximate surface area is 138 Å². The highest BCUT2D eigenvalue weighted by Crippen LogP contribution is 2.25. The molecule has 1 N–H and O–H groups in total. The number of hydrogen-bond acceptors (Lipinski definition) is 3. The molecule has 0 heterocycles. The van der Waals surface area contributed by atoms with Crippen molar-refractivity contribution in [2.24, 2.45) is 0 Å². The topological polar surface area (TPSA) is 30.5 Å². The minimum Gasteiger partial charge on any atom is -0.389 e. The summed E-state index contributed by atoms with van der Waals surface area (Å²) in [6, 6.07) is 0. The quantitative estimate of drug-likeness (QED) is 0.390. The van der Waals surface area contributed by atoms with Crippen molar-refractivity contribution in [1.29, 1.82) is 0 Å². The lowest BCUT2D eigenvalue weighted by Crippen LogP contribution is -2.31. The fourth-order valence-electron chi connectivity index (χ4n) is 1.89. The smallest absolute Gasteiger partial charge is 0.0832 e. The number of methoxy groups -OCH3 is 1. The van der Waals surface area contributed by atoms with Gasteiger partial charge in [0.05, 0.1) is 17.8 Å². The molecule has 0 saturated carbocycles. The lowest BCUT2D eigenvalue weighted by atomic mass is 9.94. The molecule has 22 heavy (non-hydrogen) atoms. The summed E-state index contributed by atoms with van der Waals surface area (Å²) in [4.78, 5) is 0. The van der Waals surface area contributed by atoms with E-state index in [4.69, 9.17) is 9.47 Å². The van der Waals surface area contributed by atoms with Gasteiger partial charge in [0.2, 0.25) is 0 Å². The molecule has 0 aromatic carbocycles. The summed E-state index contributed by atoms with van der Waals surface area (Å²) in [7, 11) is 1.74. The van der Waals surface area contributed by atoms with Crippen molar-refractivity contribution in [3.8, 4) is 0 Å². The predicted octanol–water partition coefficient (Wildman–Crippen LogP) is 4.84. The van der Waals surface area contributed by atoms with E-state index in [9.17, 15) is 0 Å². The monoisotopic (exact) mass is 311 g/mol. The van der Waals surface area contributed by atoms with E-state index in [1.165, 1.54) is 12.8 Å². The van der Waals surface area contributed by atoms with Crippen molar-refractivity contribution in [2.75, 3.05) is 20.3 Å². The first kappa shape index (κ1) is 21.2. The van der Waals surface area contributed by atoms with Crippen LogP contribution in [0.5, 0.6) is 0 Å². The minimum absolute atomic E-state index is 0.144. The van der Waals surface area contributed by atoms with Crippen molar-refractivity contribution < 1.29 is 9.47 Å². The summed E-state index contributed by atoms with van der Waals surface area (Å²) in [6.07, 6.45) is 5.07. The van der Waals surface area contributed by atoms with Crippen LogP contribution in [0.15, 0.2) is 24.4 Å². The Balaban J connectivity index is 4.09. The van der Waals surface area contributed by atoms with Crippen LogP contribution in [0.25, 0.3) is 0 Å². The number of hydrogen-bond donors (Lipinski definition) is 1. The van der Waals surface area contributed by atoms with Crippen LogP contribution in [0.2, 0.25) is 0 Å². The summed E-state index contributed by atoms with van der Waals surface area (Å²) < 4.78 is 11.4. The second-order valence-electron chi connectivity index (χ2n) is 7.06. The van der Waals surface area contributed by atoms with Gasteiger partial charge in [0.1, 0.15) is 0 Å². The van der Waals surface area contributed by atoms with Crippen LogP contribution < -0.4 is 5.32 Å². The zero-order chi connectivity index (χ0) is 17.2. The summed E-state index contributed by atoms with van der Waals surface area (Å²) >= 11 is 0. The summed E-state index contributed by atoms with van der Waals surface area (Å²) in [5.41, 5.74) is 1.75. The molecule has 0 aromatic heterocycles. The first-order valence-corrected chi connectivity index (χ1v) is 8.43. The second-order valence-corrected chi connectivity index (χ2v) is 7.06. The van der Waals surface area contributed by atoms with Crippen molar-refractivity contribution in [2.45, 2.75) is 77.9 Å². The molecule has 0 radical (unpaired) electrons. The standard InChI is InChI=1S/C19H37NO2/c1-9-10-14-20-17(3)12-11-16(2)19(6,7)22-15-13-18(4,5)21-8/h20H,2-3,9-15H2,1,4-8H3. The van der Waals surface area contributed by atoms with Crippen molar-refractivity contribution in [3.05, 3.63) is 24.4 Å². The second kappa shape index (κ2) is 10.1. The van der Waals surface area contributed by atoms with Crippen LogP contribution in [0, 0.1) is 0 Å². The molecule has 3 heteroatoms. The SMILES string of the molecule is C=C(CCC(=C)C(C)(C)OCCC(C)(C)OC)NCCCC. The van der Waals surface area contributed by atoms with Crippen molar-refractivity contribution >= 4 is 0 Å². The third-order valence-corrected chi connectivity index (χ3v) is 4.20. The Bertz CT molecular complexity index is 345. The van der Waals surface area contributed by atoms with Gasteiger partial charge in [-0.05, 0) is 59.0 Å². The van der Waals surface area contributed by atoms with E-state index < -0.39 is 0 Å². The molecule has 0 aromatic rings. The van der Waals surface area contributed by atoms with Crippen LogP contribution in [0.3, 0.4) is 0 Å². The highest BCUT2D eigenvalue weighted by Gasteiger charge is 2.24. The van der Waals surface area contributed by atoms with E-state index in [0.717, 1.165) is 37.1 Å². The molecule has 0 aliphatic carbocycles. The molecular formula is C19H37NO2. The zero-order valence-electron chi connectivity index (χ0n) is 15.7. The molecular weight excluding hydrogens is 274 g/mol. The summed E-state index contributed by atoms with van der Waals surface area (Å²) in [5.74, 6) is 0. The third-order valence-electron chi connectivity index (χ3n) is 4.20. The Morgan fingerprint density at radius 3 is 2.27 bits per heavy atom. The van der Waals surface area contributed by atoms with Gasteiger partial charge in [-0.15, -0.1) is 0 Å². The average molecular weight is 312 g/mol. The molecule has 130 valence electrons. The fraction of sp³-hybridized carbons (Fsp3) is 0.789. The Hall–Kier alpha value is -0.800. The zero-order valence-corrected chi connectivity index (χ0v) is 15.7. The van der Waals surface area contributed by atoms with E-state index in [-0.39, 0.29) is 11.2 Å². The minimum atomic E-state index is -0.312. The van der Waals surface area contributed by atoms with Gasteiger partial charge in [-0.1, -0.05) is 26.5 Å². The molecule has 0 fully saturated rings. The molecule has 0 unspecified atom stereocenters. The van der Waals surface area contributed by atoms with E-state index in [0.29, 0.717) is 6.61 Å². The van der Waals surface area contributed by atoms with Gasteiger partial charge in [0.15, 0.2) is 0 Å². The lowest BCUT2D eigenvalue weighted by molar-refractivity contribution is -0.0442. The number of ether oxygens (including phenoxy) is 2. The Kier molecular flexibility index (Phi) is 9.70. The van der Waals surface area contributed by atoms with E-state index >= 15 is 0 Å². The van der Waals surface area contributed by atoms with Crippen LogP contribution in [0.1, 0.15) is 66.7 Å². The Morgan fingerprint density at radius 2 is 1.73 bits per heavy atom. The lowest BCUT2D eigenvalue weighted by Gasteiger charge is -2.30. The molecule has 0 spiro atoms. The van der Waals surface area contributed by atoms with Gasteiger partial charge in [0.25, 0.3) is 0 Å². The maximum Gasteiger partial charge on any atom is 0.0832 e. The maximum absolute atomic E-state index is 6.03. The normalized spacial score (nSPS) is 12.3. The molecule has 0 amide bonds. The van der Waals surface area contributed by atoms with E-state index in [1.54, 1.807) is 7.11 Å². The number of nitrogens with one attached hydrogen (secondary N) is 1. The highest BCUT2D eigenvalue weighted by atomic mass is 16.5. The van der Waals surface area contributed by atoms with Crippen molar-refractivity contribution in [3.63, 3.8) is 0 Å². The number of rotatable bonds is 13. The van der Waals surface area contributed by atoms with Gasteiger partial charge in [-0.3, -0.25) is 0 Å². The molecule has 0 aliphatic heterocycles. The molecule has 3 nitrogen and oxygen atoms in total. The van der Waals surface area contributed by atoms with Crippen molar-refractivity contribution in [1.82, 2.24) is 5.32 Å². The van der Waals surface area contributed by atoms with Gasteiger partial charge >= 0.3 is 0 Å². The van der Waals surface area contributed by atoms with Crippen LogP contribution in [0.4, 0.5) is 0 Å². The van der Waals surface area contributed by atoms with Gasteiger partial charge < -0.3 is 14.8 Å². The summed E-state index contributed by atoms with van der Waals surface area (Å²) in [6.45, 7) is 20.5. The van der Waals surface area contributed by atoms with Gasteiger partial charge in [-0.2, -0.15) is 0 Å². The van der Waals surface area contributed by atoms with Gasteiger partial charge in [-0.25, -0.2) is 0 Å². The Morgan fingerprint density at radius 1 is 1.09 bits per heavy atom. The molecule has 0 saturated heterocycles. The van der Waals surface area contributed by atoms with Crippen LogP contribution in [-0.2, 0) is 9.47 Å². The van der Waals surface area contributed by atoms with Crippen LogP contribution >= 0.6 is 0 Å². The van der Waals surface area contributed by atoms with E-state index in [1.807, 2.05) is 0 Å². The molecule has 0 bridgehead atoms. The van der Waals surface area contributed by atoms with Crippen LogP contribution in [-0.4, -0.2) is 31.5 Å². The largest absolute Gasteiger partial charge is 0.389 e. The molecule has 0 atom stereocenters. The maximum atomic E-state index is 6.03. The third kappa shape index (κ3) is 9.26. The summed E-state index contributed by atoms with van der Waals surface area (Å²) in [5, 5.41) is 3.37. The number of unbranched alkanes of at least 4 members (excludes halogenated alkanes) is 1. The highest BCUT2D eigenvalue weighted by molar-refractivity contribution is 5.11. The number of allylic oxidation sites excluding steroid dienone is 1. The fourth-order valence-corrected chi connectivity index (χ4v) is 1.89.